The maximum Gasteiger partial charge on any atom is 0.226 e. The second-order valence-corrected chi connectivity index (χ2v) is 7.07. The first-order valence-corrected chi connectivity index (χ1v) is 9.31. The summed E-state index contributed by atoms with van der Waals surface area (Å²) in [6.07, 6.45) is 0.635. The summed E-state index contributed by atoms with van der Waals surface area (Å²) in [7, 11) is 0. The summed E-state index contributed by atoms with van der Waals surface area (Å²) < 4.78 is 0. The van der Waals surface area contributed by atoms with Gasteiger partial charge in [-0.15, -0.1) is 0 Å². The van der Waals surface area contributed by atoms with Gasteiger partial charge in [0.1, 0.15) is 0 Å². The lowest BCUT2D eigenvalue weighted by atomic mass is 10.2. The Labute approximate surface area is 159 Å². The Morgan fingerprint density at radius 2 is 1.73 bits per heavy atom. The summed E-state index contributed by atoms with van der Waals surface area (Å²) in [4.78, 5) is 26.8. The number of hydrogen-bond donors (Lipinski definition) is 1. The van der Waals surface area contributed by atoms with Gasteiger partial charge < -0.3 is 10.2 Å². The lowest BCUT2D eigenvalue weighted by Gasteiger charge is -2.21. The van der Waals surface area contributed by atoms with E-state index in [1.54, 1.807) is 12.1 Å². The minimum atomic E-state index is -0.209. The molecule has 3 rings (SSSR count). The van der Waals surface area contributed by atoms with Crippen molar-refractivity contribution in [1.82, 2.24) is 10.2 Å². The fraction of sp³-hybridized carbons (Fsp3) is 0.333. The topological polar surface area (TPSA) is 49.4 Å². The van der Waals surface area contributed by atoms with Crippen molar-refractivity contribution in [3.63, 3.8) is 0 Å². The van der Waals surface area contributed by atoms with E-state index in [9.17, 15) is 9.59 Å². The highest BCUT2D eigenvalue weighted by molar-refractivity contribution is 6.30. The van der Waals surface area contributed by atoms with E-state index in [4.69, 9.17) is 11.6 Å². The number of carbonyl (C=O) groups excluding carboxylic acids is 2. The minimum Gasteiger partial charge on any atom is -0.352 e. The second kappa shape index (κ2) is 8.37. The largest absolute Gasteiger partial charge is 0.352 e. The maximum absolute atomic E-state index is 12.7. The molecule has 4 nitrogen and oxygen atoms in total. The van der Waals surface area contributed by atoms with Gasteiger partial charge in [-0.25, -0.2) is 0 Å². The van der Waals surface area contributed by atoms with Gasteiger partial charge in [-0.1, -0.05) is 54.1 Å². The van der Waals surface area contributed by atoms with Crippen LogP contribution in [0.15, 0.2) is 54.6 Å². The molecule has 2 unspecified atom stereocenters. The molecule has 0 aromatic heterocycles. The molecule has 136 valence electrons. The van der Waals surface area contributed by atoms with Gasteiger partial charge in [0.05, 0.1) is 11.8 Å². The molecule has 0 radical (unpaired) electrons. The number of rotatable bonds is 7. The Bertz CT molecular complexity index is 761. The Morgan fingerprint density at radius 1 is 1.04 bits per heavy atom. The van der Waals surface area contributed by atoms with Gasteiger partial charge in [-0.3, -0.25) is 9.59 Å². The first-order valence-electron chi connectivity index (χ1n) is 8.93. The van der Waals surface area contributed by atoms with Crippen molar-refractivity contribution >= 4 is 23.4 Å². The van der Waals surface area contributed by atoms with Gasteiger partial charge in [0, 0.05) is 24.7 Å². The van der Waals surface area contributed by atoms with Crippen molar-refractivity contribution in [1.29, 1.82) is 0 Å². The second-order valence-electron chi connectivity index (χ2n) is 6.63. The molecule has 26 heavy (non-hydrogen) atoms. The van der Waals surface area contributed by atoms with Gasteiger partial charge in [-0.05, 0) is 36.6 Å². The SMILES string of the molecule is CCN(Cc1ccccc1)C(=O)C1CC1C(=O)NCc1ccc(Cl)cc1. The summed E-state index contributed by atoms with van der Waals surface area (Å²) in [5, 5.41) is 3.59. The number of amides is 2. The van der Waals surface area contributed by atoms with Crippen LogP contribution in [0.3, 0.4) is 0 Å². The van der Waals surface area contributed by atoms with Crippen LogP contribution in [0.1, 0.15) is 24.5 Å². The Hall–Kier alpha value is -2.33. The summed E-state index contributed by atoms with van der Waals surface area (Å²) in [6.45, 7) is 3.66. The molecule has 1 saturated carbocycles. The van der Waals surface area contributed by atoms with Crippen LogP contribution in [-0.4, -0.2) is 23.3 Å². The van der Waals surface area contributed by atoms with Crippen molar-refractivity contribution < 1.29 is 9.59 Å². The average molecular weight is 371 g/mol. The Kier molecular flexibility index (Phi) is 5.94. The summed E-state index contributed by atoms with van der Waals surface area (Å²) in [6, 6.07) is 17.3. The number of halogens is 1. The third-order valence-electron chi connectivity index (χ3n) is 4.73. The monoisotopic (exact) mass is 370 g/mol. The van der Waals surface area contributed by atoms with Crippen LogP contribution < -0.4 is 5.32 Å². The van der Waals surface area contributed by atoms with E-state index in [1.807, 2.05) is 54.3 Å². The molecular formula is C21H23ClN2O2. The van der Waals surface area contributed by atoms with Crippen molar-refractivity contribution in [3.8, 4) is 0 Å². The summed E-state index contributed by atoms with van der Waals surface area (Å²) in [5.41, 5.74) is 2.10. The normalized spacial score (nSPS) is 18.2. The lowest BCUT2D eigenvalue weighted by molar-refractivity contribution is -0.135. The van der Waals surface area contributed by atoms with Gasteiger partial charge in [0.25, 0.3) is 0 Å². The average Bonchev–Trinajstić information content (AvgIpc) is 3.46. The molecule has 0 saturated heterocycles. The highest BCUT2D eigenvalue weighted by Gasteiger charge is 2.49. The zero-order chi connectivity index (χ0) is 18.5. The highest BCUT2D eigenvalue weighted by Crippen LogP contribution is 2.40. The van der Waals surface area contributed by atoms with Gasteiger partial charge in [-0.2, -0.15) is 0 Å². The highest BCUT2D eigenvalue weighted by atomic mass is 35.5. The van der Waals surface area contributed by atoms with E-state index < -0.39 is 0 Å². The van der Waals surface area contributed by atoms with Crippen LogP contribution in [0.25, 0.3) is 0 Å². The molecule has 0 heterocycles. The smallest absolute Gasteiger partial charge is 0.226 e. The van der Waals surface area contributed by atoms with Gasteiger partial charge in [0.2, 0.25) is 11.8 Å². The zero-order valence-corrected chi connectivity index (χ0v) is 15.6. The van der Waals surface area contributed by atoms with E-state index in [-0.39, 0.29) is 23.7 Å². The number of hydrogen-bond acceptors (Lipinski definition) is 2. The molecule has 2 amide bonds. The quantitative estimate of drug-likeness (QED) is 0.808. The molecular weight excluding hydrogens is 348 g/mol. The van der Waals surface area contributed by atoms with Crippen molar-refractivity contribution in [2.24, 2.45) is 11.8 Å². The Balaban J connectivity index is 1.50. The standard InChI is InChI=1S/C21H23ClN2O2/c1-2-24(14-16-6-4-3-5-7-16)21(26)19-12-18(19)20(25)23-13-15-8-10-17(22)11-9-15/h3-11,18-19H,2,12-14H2,1H3,(H,23,25). The van der Waals surface area contributed by atoms with Gasteiger partial charge >= 0.3 is 0 Å². The first kappa shape index (κ1) is 18.5. The van der Waals surface area contributed by atoms with E-state index in [2.05, 4.69) is 5.32 Å². The fourth-order valence-electron chi connectivity index (χ4n) is 3.06. The number of benzene rings is 2. The van der Waals surface area contributed by atoms with Crippen LogP contribution >= 0.6 is 11.6 Å². The van der Waals surface area contributed by atoms with Gasteiger partial charge in [0.15, 0.2) is 0 Å². The van der Waals surface area contributed by atoms with Crippen molar-refractivity contribution in [2.75, 3.05) is 6.54 Å². The predicted molar refractivity (Wildman–Crippen MR) is 102 cm³/mol. The summed E-state index contributed by atoms with van der Waals surface area (Å²) >= 11 is 5.86. The summed E-state index contributed by atoms with van der Waals surface area (Å²) in [5.74, 6) is -0.374. The molecule has 0 spiro atoms. The molecule has 1 aliphatic rings. The third kappa shape index (κ3) is 4.64. The third-order valence-corrected chi connectivity index (χ3v) is 4.99. The molecule has 1 aliphatic carbocycles. The molecule has 2 atom stereocenters. The van der Waals surface area contributed by atoms with E-state index >= 15 is 0 Å². The van der Waals surface area contributed by atoms with Crippen LogP contribution in [0, 0.1) is 11.8 Å². The van der Waals surface area contributed by atoms with Crippen molar-refractivity contribution in [2.45, 2.75) is 26.4 Å². The van der Waals surface area contributed by atoms with Crippen LogP contribution in [0.2, 0.25) is 5.02 Å². The van der Waals surface area contributed by atoms with Crippen molar-refractivity contribution in [3.05, 3.63) is 70.7 Å². The number of nitrogens with one attached hydrogen (secondary N) is 1. The fourth-order valence-corrected chi connectivity index (χ4v) is 3.19. The van der Waals surface area contributed by atoms with E-state index in [0.29, 0.717) is 31.1 Å². The predicted octanol–water partition coefficient (Wildman–Crippen LogP) is 3.64. The van der Waals surface area contributed by atoms with Crippen LogP contribution in [0.4, 0.5) is 0 Å². The maximum atomic E-state index is 12.7. The van der Waals surface area contributed by atoms with E-state index in [1.165, 1.54) is 0 Å². The lowest BCUT2D eigenvalue weighted by Crippen LogP contribution is -2.33. The van der Waals surface area contributed by atoms with Crippen LogP contribution in [0.5, 0.6) is 0 Å². The Morgan fingerprint density at radius 3 is 2.38 bits per heavy atom. The molecule has 1 N–H and O–H groups in total. The molecule has 2 aromatic rings. The van der Waals surface area contributed by atoms with Crippen LogP contribution in [-0.2, 0) is 22.7 Å². The zero-order valence-electron chi connectivity index (χ0n) is 14.8. The number of nitrogens with zero attached hydrogens (tertiary/aromatic N) is 1. The molecule has 0 aliphatic heterocycles. The molecule has 5 heteroatoms. The molecule has 2 aromatic carbocycles. The van der Waals surface area contributed by atoms with E-state index in [0.717, 1.165) is 11.1 Å². The number of carbonyl (C=O) groups is 2. The molecule has 0 bridgehead atoms. The molecule has 1 fully saturated rings. The minimum absolute atomic E-state index is 0.0472. The first-order chi connectivity index (χ1) is 12.6.